The van der Waals surface area contributed by atoms with Crippen LogP contribution in [0.25, 0.3) is 0 Å². The summed E-state index contributed by atoms with van der Waals surface area (Å²) >= 11 is 0. The van der Waals surface area contributed by atoms with Gasteiger partial charge in [0.15, 0.2) is 5.82 Å². The van der Waals surface area contributed by atoms with E-state index in [1.807, 2.05) is 6.92 Å². The lowest BCUT2D eigenvalue weighted by Gasteiger charge is -2.46. The number of rotatable bonds is 5. The summed E-state index contributed by atoms with van der Waals surface area (Å²) in [5, 5.41) is 9.96. The summed E-state index contributed by atoms with van der Waals surface area (Å²) in [5.74, 6) is -2.04. The van der Waals surface area contributed by atoms with Crippen molar-refractivity contribution in [3.63, 3.8) is 0 Å². The van der Waals surface area contributed by atoms with Crippen LogP contribution in [-0.4, -0.2) is 59.0 Å². The Labute approximate surface area is 202 Å². The highest BCUT2D eigenvalue weighted by Crippen LogP contribution is 2.40. The van der Waals surface area contributed by atoms with Crippen molar-refractivity contribution in [2.75, 3.05) is 31.6 Å². The molecule has 2 unspecified atom stereocenters. The van der Waals surface area contributed by atoms with E-state index in [0.717, 1.165) is 19.2 Å². The van der Waals surface area contributed by atoms with Crippen LogP contribution in [0.4, 0.5) is 25.1 Å². The smallest absolute Gasteiger partial charge is 0.410 e. The second-order valence-electron chi connectivity index (χ2n) is 9.03. The van der Waals surface area contributed by atoms with Crippen LogP contribution in [0.1, 0.15) is 26.7 Å². The van der Waals surface area contributed by atoms with Crippen molar-refractivity contribution in [3.8, 4) is 11.9 Å². The van der Waals surface area contributed by atoms with Gasteiger partial charge < -0.3 is 24.4 Å². The minimum atomic E-state index is -0.807. The van der Waals surface area contributed by atoms with Gasteiger partial charge in [-0.25, -0.2) is 14.2 Å². The molecule has 3 heterocycles. The van der Waals surface area contributed by atoms with Gasteiger partial charge in [-0.3, -0.25) is 0 Å². The van der Waals surface area contributed by atoms with Gasteiger partial charge in [-0.05, 0) is 31.9 Å². The first-order chi connectivity index (χ1) is 16.8. The number of piperidine rings is 1. The molecule has 3 aliphatic rings. The number of benzene rings is 1. The number of aromatic nitrogens is 2. The number of nitrogens with one attached hydrogen (secondary N) is 1. The van der Waals surface area contributed by atoms with Gasteiger partial charge in [0.2, 0.25) is 5.82 Å². The average molecular weight is 488 g/mol. The maximum absolute atomic E-state index is 15.1. The van der Waals surface area contributed by atoms with Gasteiger partial charge >= 0.3 is 6.09 Å². The molecule has 1 aliphatic carbocycles. The van der Waals surface area contributed by atoms with Crippen molar-refractivity contribution >= 4 is 17.6 Å². The molecule has 11 heteroatoms. The molecular weight excluding hydrogens is 460 g/mol. The Morgan fingerprint density at radius 3 is 2.51 bits per heavy atom. The summed E-state index contributed by atoms with van der Waals surface area (Å²) < 4.78 is 46.2. The van der Waals surface area contributed by atoms with E-state index in [9.17, 15) is 9.18 Å². The van der Waals surface area contributed by atoms with E-state index in [4.69, 9.17) is 19.5 Å². The number of hydrogen-bond acceptors (Lipinski definition) is 8. The molecule has 1 amide bonds. The minimum Gasteiger partial charge on any atom is -0.471 e. The lowest BCUT2D eigenvalue weighted by atomic mass is 9.84. The van der Waals surface area contributed by atoms with E-state index in [-0.39, 0.29) is 47.0 Å². The first-order valence-electron chi connectivity index (χ1n) is 11.4. The van der Waals surface area contributed by atoms with Crippen molar-refractivity contribution in [2.24, 2.45) is 11.8 Å². The van der Waals surface area contributed by atoms with Gasteiger partial charge in [0.25, 0.3) is 5.88 Å². The third kappa shape index (κ3) is 5.77. The van der Waals surface area contributed by atoms with E-state index >= 15 is 4.39 Å². The molecular formula is C24H27F2N5O4. The quantitative estimate of drug-likeness (QED) is 0.673. The maximum Gasteiger partial charge on any atom is 0.410 e. The van der Waals surface area contributed by atoms with Gasteiger partial charge in [-0.1, -0.05) is 12.1 Å². The lowest BCUT2D eigenvalue weighted by molar-refractivity contribution is -0.112. The van der Waals surface area contributed by atoms with Crippen LogP contribution in [0.15, 0.2) is 30.6 Å². The standard InChI is InChI=1S/C22H24F2N4O4.C2H3N/c1-22(6-7-22)32-21(29)28-8-13-10-30-11-14(9-28)18(13)31-20-17(24)19(25-12-26-20)27-16-5-3-2-4-15(16)23;1-2-3/h2-5,12-14,18H,6-11H2,1H3,(H,25,26,27);1H3. The molecule has 2 aromatic rings. The summed E-state index contributed by atoms with van der Waals surface area (Å²) in [6, 6.07) is 7.67. The number of nitrogens with zero attached hydrogens (tertiary/aromatic N) is 4. The van der Waals surface area contributed by atoms with Gasteiger partial charge in [0, 0.05) is 31.8 Å². The zero-order valence-electron chi connectivity index (χ0n) is 19.5. The summed E-state index contributed by atoms with van der Waals surface area (Å²) in [7, 11) is 0. The Morgan fingerprint density at radius 2 is 1.89 bits per heavy atom. The van der Waals surface area contributed by atoms with Gasteiger partial charge in [-0.2, -0.15) is 14.6 Å². The van der Waals surface area contributed by atoms with Gasteiger partial charge in [0.05, 0.1) is 25.0 Å². The summed E-state index contributed by atoms with van der Waals surface area (Å²) in [6.07, 6.45) is 2.21. The largest absolute Gasteiger partial charge is 0.471 e. The zero-order chi connectivity index (χ0) is 25.0. The molecule has 2 bridgehead atoms. The molecule has 2 aliphatic heterocycles. The predicted molar refractivity (Wildman–Crippen MR) is 121 cm³/mol. The van der Waals surface area contributed by atoms with Crippen LogP contribution in [0.2, 0.25) is 0 Å². The van der Waals surface area contributed by atoms with Crippen molar-refractivity contribution in [2.45, 2.75) is 38.4 Å². The Morgan fingerprint density at radius 1 is 1.23 bits per heavy atom. The first-order valence-corrected chi connectivity index (χ1v) is 11.4. The van der Waals surface area contributed by atoms with Crippen molar-refractivity contribution in [3.05, 3.63) is 42.2 Å². The maximum atomic E-state index is 15.1. The number of nitriles is 1. The molecule has 9 nitrogen and oxygen atoms in total. The van der Waals surface area contributed by atoms with Crippen molar-refractivity contribution in [1.29, 1.82) is 5.26 Å². The van der Waals surface area contributed by atoms with E-state index < -0.39 is 11.6 Å². The van der Waals surface area contributed by atoms with Crippen LogP contribution in [0.5, 0.6) is 5.88 Å². The molecule has 5 rings (SSSR count). The number of para-hydroxylation sites is 1. The van der Waals surface area contributed by atoms with Crippen LogP contribution < -0.4 is 10.1 Å². The highest BCUT2D eigenvalue weighted by molar-refractivity contribution is 5.68. The Kier molecular flexibility index (Phi) is 7.31. The van der Waals surface area contributed by atoms with Crippen molar-refractivity contribution < 1.29 is 27.8 Å². The fraction of sp³-hybridized carbons (Fsp3) is 0.500. The van der Waals surface area contributed by atoms with E-state index in [1.54, 1.807) is 23.1 Å². The zero-order valence-corrected chi connectivity index (χ0v) is 19.5. The molecule has 1 aromatic heterocycles. The monoisotopic (exact) mass is 487 g/mol. The first kappa shape index (κ1) is 24.6. The molecule has 186 valence electrons. The lowest BCUT2D eigenvalue weighted by Crippen LogP contribution is -2.59. The highest BCUT2D eigenvalue weighted by atomic mass is 19.1. The molecule has 1 N–H and O–H groups in total. The predicted octanol–water partition coefficient (Wildman–Crippen LogP) is 4.04. The minimum absolute atomic E-state index is 0.0949. The molecule has 0 spiro atoms. The Balaban J connectivity index is 0.000000917. The third-order valence-electron chi connectivity index (χ3n) is 6.18. The second kappa shape index (κ2) is 10.4. The number of amides is 1. The van der Waals surface area contributed by atoms with E-state index in [0.29, 0.717) is 26.3 Å². The van der Waals surface area contributed by atoms with E-state index in [1.165, 1.54) is 19.1 Å². The number of carbonyl (C=O) groups excluding carboxylic acids is 1. The number of likely N-dealkylation sites (tertiary alicyclic amines) is 1. The van der Waals surface area contributed by atoms with E-state index in [2.05, 4.69) is 15.3 Å². The van der Waals surface area contributed by atoms with Gasteiger partial charge in [0.1, 0.15) is 23.8 Å². The number of fused-ring (bicyclic) bond motifs is 2. The SMILES string of the molecule is CC#N.CC1(OC(=O)N2CC3COCC(C2)C3Oc2ncnc(Nc3ccccc3F)c2F)CC1. The Bertz CT molecular complexity index is 1090. The van der Waals surface area contributed by atoms with Crippen LogP contribution in [-0.2, 0) is 9.47 Å². The summed E-state index contributed by atoms with van der Waals surface area (Å²) in [4.78, 5) is 22.1. The number of carbonyl (C=O) groups is 1. The number of anilines is 2. The average Bonchev–Trinajstić information content (AvgIpc) is 3.54. The number of halogens is 2. The van der Waals surface area contributed by atoms with Gasteiger partial charge in [-0.15, -0.1) is 0 Å². The second-order valence-corrected chi connectivity index (χ2v) is 9.03. The van der Waals surface area contributed by atoms with Crippen LogP contribution in [0, 0.1) is 34.8 Å². The molecule has 3 fully saturated rings. The third-order valence-corrected chi connectivity index (χ3v) is 6.18. The molecule has 35 heavy (non-hydrogen) atoms. The Hall–Kier alpha value is -3.52. The molecule has 1 aromatic carbocycles. The van der Waals surface area contributed by atoms with Crippen molar-refractivity contribution in [1.82, 2.24) is 14.9 Å². The topological polar surface area (TPSA) is 110 Å². The van der Waals surface area contributed by atoms with Crippen LogP contribution >= 0.6 is 0 Å². The fourth-order valence-electron chi connectivity index (χ4n) is 4.14. The fourth-order valence-corrected chi connectivity index (χ4v) is 4.14. The highest BCUT2D eigenvalue weighted by Gasteiger charge is 2.47. The summed E-state index contributed by atoms with van der Waals surface area (Å²) in [6.45, 7) is 4.91. The molecule has 2 saturated heterocycles. The molecule has 2 atom stereocenters. The molecule has 1 saturated carbocycles. The summed E-state index contributed by atoms with van der Waals surface area (Å²) in [5.41, 5.74) is -0.251. The normalized spacial score (nSPS) is 23.7. The molecule has 0 radical (unpaired) electrons. The van der Waals surface area contributed by atoms with Crippen LogP contribution in [0.3, 0.4) is 0 Å². The number of hydrogen-bond donors (Lipinski definition) is 1. The number of ether oxygens (including phenoxy) is 3.